The molecule has 2 aromatic carbocycles. The number of aromatic nitrogens is 1. The zero-order valence-corrected chi connectivity index (χ0v) is 16.5. The van der Waals surface area contributed by atoms with Crippen LogP contribution in [0.15, 0.2) is 71.9 Å². The topological polar surface area (TPSA) is 88.2 Å². The van der Waals surface area contributed by atoms with E-state index < -0.39 is 10.0 Å². The Morgan fingerprint density at radius 2 is 1.71 bits per heavy atom. The number of amides is 1. The van der Waals surface area contributed by atoms with E-state index in [4.69, 9.17) is 0 Å². The first-order valence-electron chi connectivity index (χ1n) is 8.73. The average Bonchev–Trinajstić information content (AvgIpc) is 2.70. The summed E-state index contributed by atoms with van der Waals surface area (Å²) in [7, 11) is -3.81. The summed E-state index contributed by atoms with van der Waals surface area (Å²) in [4.78, 5) is 16.4. The Morgan fingerprint density at radius 1 is 1.00 bits per heavy atom. The van der Waals surface area contributed by atoms with Crippen LogP contribution in [0.4, 0.5) is 5.69 Å². The van der Waals surface area contributed by atoms with Crippen molar-refractivity contribution in [1.82, 2.24) is 10.3 Å². The highest BCUT2D eigenvalue weighted by molar-refractivity contribution is 7.92. The van der Waals surface area contributed by atoms with Gasteiger partial charge in [-0.1, -0.05) is 18.2 Å². The van der Waals surface area contributed by atoms with E-state index in [0.717, 1.165) is 16.7 Å². The fourth-order valence-corrected chi connectivity index (χ4v) is 3.82. The molecule has 0 saturated heterocycles. The summed E-state index contributed by atoms with van der Waals surface area (Å²) in [5.74, 6) is -0.347. The molecular formula is C21H21N3O3S. The van der Waals surface area contributed by atoms with Crippen LogP contribution in [0.5, 0.6) is 0 Å². The minimum atomic E-state index is -3.81. The van der Waals surface area contributed by atoms with Crippen molar-refractivity contribution >= 4 is 21.6 Å². The molecule has 0 bridgehead atoms. The lowest BCUT2D eigenvalue weighted by molar-refractivity contribution is 0.0950. The molecule has 1 amide bonds. The molecule has 0 aliphatic carbocycles. The number of sulfonamides is 1. The van der Waals surface area contributed by atoms with Crippen molar-refractivity contribution in [3.8, 4) is 0 Å². The van der Waals surface area contributed by atoms with Gasteiger partial charge in [0.05, 0.1) is 10.6 Å². The quantitative estimate of drug-likeness (QED) is 0.669. The Labute approximate surface area is 164 Å². The van der Waals surface area contributed by atoms with Crippen molar-refractivity contribution in [3.63, 3.8) is 0 Å². The zero-order chi connectivity index (χ0) is 20.1. The van der Waals surface area contributed by atoms with E-state index in [-0.39, 0.29) is 16.4 Å². The molecule has 1 heterocycles. The number of carbonyl (C=O) groups excluding carboxylic acids is 1. The Bertz CT molecular complexity index is 1100. The van der Waals surface area contributed by atoms with Gasteiger partial charge in [-0.25, -0.2) is 8.42 Å². The van der Waals surface area contributed by atoms with Gasteiger partial charge in [-0.3, -0.25) is 14.5 Å². The summed E-state index contributed by atoms with van der Waals surface area (Å²) in [6, 6.07) is 15.0. The number of hydrogen-bond acceptors (Lipinski definition) is 4. The molecule has 0 aliphatic rings. The molecular weight excluding hydrogens is 374 g/mol. The Balaban J connectivity index is 1.78. The summed E-state index contributed by atoms with van der Waals surface area (Å²) in [6.45, 7) is 4.11. The molecule has 0 radical (unpaired) electrons. The molecule has 0 atom stereocenters. The number of rotatable bonds is 6. The van der Waals surface area contributed by atoms with Gasteiger partial charge in [-0.15, -0.1) is 0 Å². The lowest BCUT2D eigenvalue weighted by Gasteiger charge is -2.13. The van der Waals surface area contributed by atoms with Gasteiger partial charge in [-0.2, -0.15) is 0 Å². The van der Waals surface area contributed by atoms with Crippen molar-refractivity contribution in [3.05, 3.63) is 89.2 Å². The molecule has 0 spiro atoms. The third kappa shape index (κ3) is 4.55. The van der Waals surface area contributed by atoms with Gasteiger partial charge < -0.3 is 5.32 Å². The van der Waals surface area contributed by atoms with Crippen LogP contribution in [0.2, 0.25) is 0 Å². The number of aryl methyl sites for hydroxylation is 1. The number of benzene rings is 2. The Hall–Kier alpha value is -3.19. The van der Waals surface area contributed by atoms with Crippen molar-refractivity contribution in [2.24, 2.45) is 0 Å². The molecule has 144 valence electrons. The number of hydrogen-bond donors (Lipinski definition) is 2. The zero-order valence-electron chi connectivity index (χ0n) is 15.6. The first kappa shape index (κ1) is 19.6. The van der Waals surface area contributed by atoms with E-state index in [1.807, 2.05) is 19.9 Å². The van der Waals surface area contributed by atoms with Crippen LogP contribution in [0.25, 0.3) is 0 Å². The molecule has 0 fully saturated rings. The maximum Gasteiger partial charge on any atom is 0.261 e. The largest absolute Gasteiger partial charge is 0.348 e. The minimum Gasteiger partial charge on any atom is -0.348 e. The smallest absolute Gasteiger partial charge is 0.261 e. The van der Waals surface area contributed by atoms with Gasteiger partial charge in [0.2, 0.25) is 0 Å². The van der Waals surface area contributed by atoms with Crippen molar-refractivity contribution in [2.75, 3.05) is 4.72 Å². The van der Waals surface area contributed by atoms with E-state index >= 15 is 0 Å². The maximum atomic E-state index is 12.8. The van der Waals surface area contributed by atoms with Crippen LogP contribution < -0.4 is 10.0 Å². The Morgan fingerprint density at radius 3 is 2.46 bits per heavy atom. The van der Waals surface area contributed by atoms with E-state index in [1.54, 1.807) is 48.8 Å². The predicted octanol–water partition coefficient (Wildman–Crippen LogP) is 3.43. The lowest BCUT2D eigenvalue weighted by atomic mass is 10.1. The summed E-state index contributed by atoms with van der Waals surface area (Å²) in [5, 5.41) is 2.78. The van der Waals surface area contributed by atoms with Gasteiger partial charge in [0, 0.05) is 24.5 Å². The molecule has 7 heteroatoms. The molecule has 28 heavy (non-hydrogen) atoms. The molecule has 0 unspecified atom stereocenters. The molecule has 6 nitrogen and oxygen atoms in total. The van der Waals surface area contributed by atoms with Crippen molar-refractivity contribution < 1.29 is 13.2 Å². The predicted molar refractivity (Wildman–Crippen MR) is 109 cm³/mol. The second-order valence-corrected chi connectivity index (χ2v) is 8.10. The van der Waals surface area contributed by atoms with Crippen molar-refractivity contribution in [2.45, 2.75) is 25.3 Å². The van der Waals surface area contributed by atoms with Gasteiger partial charge in [-0.05, 0) is 66.9 Å². The third-order valence-electron chi connectivity index (χ3n) is 4.46. The number of nitrogens with one attached hydrogen (secondary N) is 2. The normalized spacial score (nSPS) is 11.1. The third-order valence-corrected chi connectivity index (χ3v) is 5.82. The number of anilines is 1. The fourth-order valence-electron chi connectivity index (χ4n) is 2.65. The van der Waals surface area contributed by atoms with Gasteiger partial charge in [0.1, 0.15) is 0 Å². The van der Waals surface area contributed by atoms with E-state index in [9.17, 15) is 13.2 Å². The van der Waals surface area contributed by atoms with E-state index in [1.165, 1.54) is 12.1 Å². The highest BCUT2D eigenvalue weighted by atomic mass is 32.2. The molecule has 0 saturated carbocycles. The van der Waals surface area contributed by atoms with Gasteiger partial charge in [0.25, 0.3) is 15.9 Å². The van der Waals surface area contributed by atoms with E-state index in [0.29, 0.717) is 12.2 Å². The summed E-state index contributed by atoms with van der Waals surface area (Å²) in [6.07, 6.45) is 3.29. The number of carbonyl (C=O) groups is 1. The molecule has 3 rings (SSSR count). The van der Waals surface area contributed by atoms with Gasteiger partial charge >= 0.3 is 0 Å². The van der Waals surface area contributed by atoms with Crippen LogP contribution in [0.1, 0.15) is 27.0 Å². The number of nitrogens with zero attached hydrogens (tertiary/aromatic N) is 1. The van der Waals surface area contributed by atoms with Gasteiger partial charge in [0.15, 0.2) is 0 Å². The highest BCUT2D eigenvalue weighted by Gasteiger charge is 2.17. The first-order chi connectivity index (χ1) is 13.4. The highest BCUT2D eigenvalue weighted by Crippen LogP contribution is 2.22. The summed E-state index contributed by atoms with van der Waals surface area (Å²) in [5.41, 5.74) is 3.55. The molecule has 1 aromatic heterocycles. The first-order valence-corrected chi connectivity index (χ1v) is 10.2. The number of pyridine rings is 1. The second-order valence-electron chi connectivity index (χ2n) is 6.42. The minimum absolute atomic E-state index is 0.0324. The molecule has 2 N–H and O–H groups in total. The van der Waals surface area contributed by atoms with Crippen LogP contribution in [0.3, 0.4) is 0 Å². The standard InChI is InChI=1S/C21H21N3O3S/c1-15-5-3-8-20(16(15)2)24-28(26,27)19-7-4-6-18(13-19)21(25)23-14-17-9-11-22-12-10-17/h3-13,24H,14H2,1-2H3,(H,23,25). The van der Waals surface area contributed by atoms with E-state index in [2.05, 4.69) is 15.0 Å². The molecule has 3 aromatic rings. The van der Waals surface area contributed by atoms with Crippen molar-refractivity contribution in [1.29, 1.82) is 0 Å². The fraction of sp³-hybridized carbons (Fsp3) is 0.143. The average molecular weight is 395 g/mol. The summed E-state index contributed by atoms with van der Waals surface area (Å²) >= 11 is 0. The Kier molecular flexibility index (Phi) is 5.75. The van der Waals surface area contributed by atoms with Crippen LogP contribution >= 0.6 is 0 Å². The van der Waals surface area contributed by atoms with Crippen LogP contribution in [0, 0.1) is 13.8 Å². The van der Waals surface area contributed by atoms with Crippen LogP contribution in [-0.4, -0.2) is 19.3 Å². The molecule has 0 aliphatic heterocycles. The second kappa shape index (κ2) is 8.22. The SMILES string of the molecule is Cc1cccc(NS(=O)(=O)c2cccc(C(=O)NCc3ccncc3)c2)c1C. The monoisotopic (exact) mass is 395 g/mol. The lowest BCUT2D eigenvalue weighted by Crippen LogP contribution is -2.23. The van der Waals surface area contributed by atoms with Crippen LogP contribution in [-0.2, 0) is 16.6 Å². The maximum absolute atomic E-state index is 12.8. The summed E-state index contributed by atoms with van der Waals surface area (Å²) < 4.78 is 28.1.